The van der Waals surface area contributed by atoms with E-state index in [4.69, 9.17) is 4.98 Å². The molecule has 1 aliphatic heterocycles. The molecule has 4 aromatic rings. The van der Waals surface area contributed by atoms with Crippen molar-refractivity contribution < 1.29 is 0 Å². The number of hydrogen-bond donors (Lipinski definition) is 0. The van der Waals surface area contributed by atoms with Gasteiger partial charge in [0.15, 0.2) is 0 Å². The van der Waals surface area contributed by atoms with E-state index in [-0.39, 0.29) is 0 Å². The van der Waals surface area contributed by atoms with Gasteiger partial charge in [0.25, 0.3) is 0 Å². The van der Waals surface area contributed by atoms with Gasteiger partial charge in [0.05, 0.1) is 11.2 Å². The van der Waals surface area contributed by atoms with E-state index in [2.05, 4.69) is 88.4 Å². The SMILES string of the molecule is CCCN1CCc2c(c(-c3cccc(Br)c3)nc3ccc4ccccc4c23)C1. The largest absolute Gasteiger partial charge is 0.299 e. The summed E-state index contributed by atoms with van der Waals surface area (Å²) in [5, 5.41) is 3.97. The third-order valence-electron chi connectivity index (χ3n) is 5.79. The molecular formula is C25H23BrN2. The van der Waals surface area contributed by atoms with Gasteiger partial charge in [0.1, 0.15) is 0 Å². The third kappa shape index (κ3) is 3.03. The molecule has 0 radical (unpaired) electrons. The molecule has 3 aromatic carbocycles. The van der Waals surface area contributed by atoms with Crippen LogP contribution in [0.4, 0.5) is 0 Å². The van der Waals surface area contributed by atoms with Crippen molar-refractivity contribution in [3.63, 3.8) is 0 Å². The number of nitrogens with zero attached hydrogens (tertiary/aromatic N) is 2. The Balaban J connectivity index is 1.83. The Kier molecular flexibility index (Phi) is 4.65. The Bertz CT molecular complexity index is 1180. The summed E-state index contributed by atoms with van der Waals surface area (Å²) in [6.07, 6.45) is 2.27. The zero-order valence-corrected chi connectivity index (χ0v) is 17.7. The predicted molar refractivity (Wildman–Crippen MR) is 122 cm³/mol. The van der Waals surface area contributed by atoms with E-state index in [9.17, 15) is 0 Å². The van der Waals surface area contributed by atoms with Gasteiger partial charge in [-0.3, -0.25) is 4.90 Å². The second-order valence-corrected chi connectivity index (χ2v) is 8.55. The minimum Gasteiger partial charge on any atom is -0.299 e. The average Bonchev–Trinajstić information content (AvgIpc) is 2.73. The minimum atomic E-state index is 0.983. The van der Waals surface area contributed by atoms with E-state index >= 15 is 0 Å². The van der Waals surface area contributed by atoms with E-state index in [1.54, 1.807) is 0 Å². The molecular weight excluding hydrogens is 408 g/mol. The predicted octanol–water partition coefficient (Wildman–Crippen LogP) is 6.59. The third-order valence-corrected chi connectivity index (χ3v) is 6.28. The Morgan fingerprint density at radius 2 is 1.89 bits per heavy atom. The number of aromatic nitrogens is 1. The van der Waals surface area contributed by atoms with Crippen LogP contribution in [0.15, 0.2) is 65.1 Å². The quantitative estimate of drug-likeness (QED) is 0.341. The van der Waals surface area contributed by atoms with Gasteiger partial charge in [-0.25, -0.2) is 4.98 Å². The van der Waals surface area contributed by atoms with Crippen molar-refractivity contribution >= 4 is 37.6 Å². The Morgan fingerprint density at radius 1 is 1.00 bits per heavy atom. The number of halogens is 1. The molecule has 1 aliphatic rings. The molecule has 5 rings (SSSR count). The highest BCUT2D eigenvalue weighted by molar-refractivity contribution is 9.10. The highest BCUT2D eigenvalue weighted by atomic mass is 79.9. The first kappa shape index (κ1) is 17.8. The molecule has 28 heavy (non-hydrogen) atoms. The molecule has 1 aromatic heterocycles. The van der Waals surface area contributed by atoms with Gasteiger partial charge in [-0.15, -0.1) is 0 Å². The van der Waals surface area contributed by atoms with Crippen molar-refractivity contribution in [2.45, 2.75) is 26.3 Å². The summed E-state index contributed by atoms with van der Waals surface area (Å²) in [6.45, 7) is 5.51. The number of rotatable bonds is 3. The van der Waals surface area contributed by atoms with E-state index < -0.39 is 0 Å². The Hall–Kier alpha value is -2.23. The molecule has 0 spiro atoms. The first-order valence-electron chi connectivity index (χ1n) is 10.1. The fraction of sp³-hybridized carbons (Fsp3) is 0.240. The second-order valence-electron chi connectivity index (χ2n) is 7.63. The molecule has 3 heteroatoms. The van der Waals surface area contributed by atoms with Crippen LogP contribution in [0, 0.1) is 0 Å². The number of fused-ring (bicyclic) bond motifs is 5. The normalized spacial score (nSPS) is 14.5. The Labute approximate surface area is 174 Å². The zero-order valence-electron chi connectivity index (χ0n) is 16.1. The molecule has 2 nitrogen and oxygen atoms in total. The number of benzene rings is 3. The molecule has 0 bridgehead atoms. The summed E-state index contributed by atoms with van der Waals surface area (Å²) in [7, 11) is 0. The number of hydrogen-bond acceptors (Lipinski definition) is 2. The lowest BCUT2D eigenvalue weighted by Crippen LogP contribution is -2.32. The van der Waals surface area contributed by atoms with Crippen LogP contribution in [0.2, 0.25) is 0 Å². The molecule has 140 valence electrons. The van der Waals surface area contributed by atoms with Crippen molar-refractivity contribution in [3.8, 4) is 11.3 Å². The van der Waals surface area contributed by atoms with Crippen LogP contribution in [-0.2, 0) is 13.0 Å². The summed E-state index contributed by atoms with van der Waals surface area (Å²) in [4.78, 5) is 7.77. The van der Waals surface area contributed by atoms with Crippen molar-refractivity contribution in [3.05, 3.63) is 76.3 Å². The summed E-state index contributed by atoms with van der Waals surface area (Å²) in [5.41, 5.74) is 6.33. The highest BCUT2D eigenvalue weighted by Crippen LogP contribution is 2.37. The van der Waals surface area contributed by atoms with Crippen LogP contribution in [0.3, 0.4) is 0 Å². The molecule has 0 fully saturated rings. The van der Waals surface area contributed by atoms with Crippen LogP contribution in [0.25, 0.3) is 32.9 Å². The lowest BCUT2D eigenvalue weighted by molar-refractivity contribution is 0.255. The summed E-state index contributed by atoms with van der Waals surface area (Å²) >= 11 is 3.64. The first-order chi connectivity index (χ1) is 13.7. The molecule has 0 aliphatic carbocycles. The maximum Gasteiger partial charge on any atom is 0.0757 e. The molecule has 0 amide bonds. The standard InChI is InChI=1S/C25H23BrN2/c1-2-13-28-14-12-21-22(16-28)25(18-7-5-8-19(26)15-18)27-23-11-10-17-6-3-4-9-20(17)24(21)23/h3-11,15H,2,12-14,16H2,1H3. The van der Waals surface area contributed by atoms with E-state index in [0.29, 0.717) is 0 Å². The summed E-state index contributed by atoms with van der Waals surface area (Å²) < 4.78 is 1.10. The van der Waals surface area contributed by atoms with Crippen molar-refractivity contribution in [1.82, 2.24) is 9.88 Å². The van der Waals surface area contributed by atoms with E-state index in [1.165, 1.54) is 39.3 Å². The van der Waals surface area contributed by atoms with Crippen LogP contribution in [0.1, 0.15) is 24.5 Å². The van der Waals surface area contributed by atoms with E-state index in [0.717, 1.165) is 41.7 Å². The van der Waals surface area contributed by atoms with Gasteiger partial charge in [-0.05, 0) is 59.5 Å². The maximum atomic E-state index is 5.20. The monoisotopic (exact) mass is 430 g/mol. The minimum absolute atomic E-state index is 0.983. The smallest absolute Gasteiger partial charge is 0.0757 e. The fourth-order valence-corrected chi connectivity index (χ4v) is 4.95. The molecule has 0 atom stereocenters. The van der Waals surface area contributed by atoms with Crippen LogP contribution in [-0.4, -0.2) is 23.0 Å². The average molecular weight is 431 g/mol. The lowest BCUT2D eigenvalue weighted by atomic mass is 9.89. The topological polar surface area (TPSA) is 16.1 Å². The van der Waals surface area contributed by atoms with Gasteiger partial charge in [-0.1, -0.05) is 65.3 Å². The van der Waals surface area contributed by atoms with Gasteiger partial charge in [0.2, 0.25) is 0 Å². The lowest BCUT2D eigenvalue weighted by Gasteiger charge is -2.31. The van der Waals surface area contributed by atoms with Gasteiger partial charge in [0, 0.05) is 28.5 Å². The number of pyridine rings is 1. The zero-order chi connectivity index (χ0) is 19.1. The molecule has 0 unspecified atom stereocenters. The van der Waals surface area contributed by atoms with Crippen molar-refractivity contribution in [1.29, 1.82) is 0 Å². The Morgan fingerprint density at radius 3 is 2.75 bits per heavy atom. The maximum absolute atomic E-state index is 5.20. The first-order valence-corrected chi connectivity index (χ1v) is 10.9. The fourth-order valence-electron chi connectivity index (χ4n) is 4.55. The summed E-state index contributed by atoms with van der Waals surface area (Å²) in [6, 6.07) is 21.7. The molecule has 0 saturated carbocycles. The van der Waals surface area contributed by atoms with Crippen LogP contribution >= 0.6 is 15.9 Å². The summed E-state index contributed by atoms with van der Waals surface area (Å²) in [5.74, 6) is 0. The van der Waals surface area contributed by atoms with Crippen LogP contribution in [0.5, 0.6) is 0 Å². The van der Waals surface area contributed by atoms with Gasteiger partial charge < -0.3 is 0 Å². The van der Waals surface area contributed by atoms with Crippen molar-refractivity contribution in [2.24, 2.45) is 0 Å². The van der Waals surface area contributed by atoms with Gasteiger partial charge in [-0.2, -0.15) is 0 Å². The second kappa shape index (κ2) is 7.31. The van der Waals surface area contributed by atoms with Crippen LogP contribution < -0.4 is 0 Å². The van der Waals surface area contributed by atoms with E-state index in [1.807, 2.05) is 0 Å². The van der Waals surface area contributed by atoms with Gasteiger partial charge >= 0.3 is 0 Å². The van der Waals surface area contributed by atoms with Crippen molar-refractivity contribution in [2.75, 3.05) is 13.1 Å². The molecule has 2 heterocycles. The highest BCUT2D eigenvalue weighted by Gasteiger charge is 2.24. The molecule has 0 N–H and O–H groups in total. The molecule has 0 saturated heterocycles.